The number of carbonyl (C=O) groups excluding carboxylic acids is 1. The van der Waals surface area contributed by atoms with E-state index in [9.17, 15) is 4.79 Å². The lowest BCUT2D eigenvalue weighted by Gasteiger charge is -2.27. The smallest absolute Gasteiger partial charge is 0.239 e. The molecule has 94 valence electrons. The zero-order chi connectivity index (χ0) is 12.0. The molecule has 3 N–H and O–H groups in total. The van der Waals surface area contributed by atoms with Crippen LogP contribution >= 0.6 is 0 Å². The first kappa shape index (κ1) is 13.5. The van der Waals surface area contributed by atoms with Crippen LogP contribution in [0.4, 0.5) is 0 Å². The van der Waals surface area contributed by atoms with Gasteiger partial charge in [0.25, 0.3) is 0 Å². The maximum absolute atomic E-state index is 11.5. The molecule has 0 aromatic rings. The van der Waals surface area contributed by atoms with Gasteiger partial charge in [0.15, 0.2) is 0 Å². The molecule has 1 fully saturated rings. The summed E-state index contributed by atoms with van der Waals surface area (Å²) >= 11 is 0. The fraction of sp³-hybridized carbons (Fsp3) is 0.917. The Morgan fingerprint density at radius 2 is 2.31 bits per heavy atom. The zero-order valence-electron chi connectivity index (χ0n) is 10.4. The molecule has 16 heavy (non-hydrogen) atoms. The monoisotopic (exact) mass is 228 g/mol. The van der Waals surface area contributed by atoms with Crippen LogP contribution in [0.25, 0.3) is 0 Å². The standard InChI is InChI=1S/C12H24N2O2/c1-9-4-3-5-10(6-9)7-14-12(15)11(13)8-16-2/h9-11H,3-8,13H2,1-2H3,(H,14,15). The van der Waals surface area contributed by atoms with E-state index < -0.39 is 6.04 Å². The van der Waals surface area contributed by atoms with Crippen molar-refractivity contribution in [1.29, 1.82) is 0 Å². The molecule has 1 amide bonds. The van der Waals surface area contributed by atoms with Crippen LogP contribution < -0.4 is 11.1 Å². The molecule has 1 aliphatic carbocycles. The van der Waals surface area contributed by atoms with Gasteiger partial charge in [0.1, 0.15) is 6.04 Å². The Labute approximate surface area is 97.9 Å². The van der Waals surface area contributed by atoms with E-state index in [4.69, 9.17) is 10.5 Å². The van der Waals surface area contributed by atoms with Gasteiger partial charge in [-0.05, 0) is 24.7 Å². The van der Waals surface area contributed by atoms with Gasteiger partial charge in [-0.1, -0.05) is 19.8 Å². The highest BCUT2D eigenvalue weighted by Crippen LogP contribution is 2.27. The average Bonchev–Trinajstić information content (AvgIpc) is 2.26. The van der Waals surface area contributed by atoms with Gasteiger partial charge in [-0.2, -0.15) is 0 Å². The van der Waals surface area contributed by atoms with E-state index >= 15 is 0 Å². The number of hydrogen-bond donors (Lipinski definition) is 2. The average molecular weight is 228 g/mol. The lowest BCUT2D eigenvalue weighted by atomic mass is 9.82. The second kappa shape index (κ2) is 6.86. The van der Waals surface area contributed by atoms with Crippen LogP contribution in [0.2, 0.25) is 0 Å². The molecule has 4 heteroatoms. The molecule has 0 aromatic carbocycles. The second-order valence-electron chi connectivity index (χ2n) is 4.94. The Morgan fingerprint density at radius 1 is 1.56 bits per heavy atom. The van der Waals surface area contributed by atoms with E-state index in [-0.39, 0.29) is 12.5 Å². The third-order valence-corrected chi connectivity index (χ3v) is 3.29. The summed E-state index contributed by atoms with van der Waals surface area (Å²) in [5, 5.41) is 2.91. The summed E-state index contributed by atoms with van der Waals surface area (Å²) < 4.78 is 4.85. The quantitative estimate of drug-likeness (QED) is 0.735. The van der Waals surface area contributed by atoms with Crippen molar-refractivity contribution in [3.8, 4) is 0 Å². The van der Waals surface area contributed by atoms with Crippen LogP contribution in [0.3, 0.4) is 0 Å². The first-order valence-electron chi connectivity index (χ1n) is 6.15. The molecule has 0 spiro atoms. The van der Waals surface area contributed by atoms with Gasteiger partial charge in [-0.15, -0.1) is 0 Å². The summed E-state index contributed by atoms with van der Waals surface area (Å²) in [5.41, 5.74) is 5.63. The molecule has 0 aliphatic heterocycles. The molecule has 4 nitrogen and oxygen atoms in total. The molecule has 0 aromatic heterocycles. The van der Waals surface area contributed by atoms with E-state index in [1.165, 1.54) is 25.7 Å². The highest BCUT2D eigenvalue weighted by Gasteiger charge is 2.20. The minimum absolute atomic E-state index is 0.0972. The maximum Gasteiger partial charge on any atom is 0.239 e. The number of methoxy groups -OCH3 is 1. The van der Waals surface area contributed by atoms with Gasteiger partial charge < -0.3 is 15.8 Å². The highest BCUT2D eigenvalue weighted by atomic mass is 16.5. The molecule has 0 bridgehead atoms. The molecule has 1 rings (SSSR count). The van der Waals surface area contributed by atoms with Crippen molar-refractivity contribution in [2.45, 2.75) is 38.6 Å². The van der Waals surface area contributed by atoms with Gasteiger partial charge in [0, 0.05) is 13.7 Å². The molecular formula is C12H24N2O2. The van der Waals surface area contributed by atoms with Crippen LogP contribution in [0.5, 0.6) is 0 Å². The second-order valence-corrected chi connectivity index (χ2v) is 4.94. The predicted octanol–water partition coefficient (Wildman–Crippen LogP) is 0.903. The van der Waals surface area contributed by atoms with Crippen molar-refractivity contribution in [1.82, 2.24) is 5.32 Å². The summed E-state index contributed by atoms with van der Waals surface area (Å²) in [6, 6.07) is -0.536. The maximum atomic E-state index is 11.5. The molecular weight excluding hydrogens is 204 g/mol. The van der Waals surface area contributed by atoms with E-state index in [1.807, 2.05) is 0 Å². The molecule has 1 aliphatic rings. The Bertz CT molecular complexity index is 221. The minimum Gasteiger partial charge on any atom is -0.383 e. The van der Waals surface area contributed by atoms with Gasteiger partial charge in [0.05, 0.1) is 6.61 Å². The number of carbonyl (C=O) groups is 1. The van der Waals surface area contributed by atoms with Crippen molar-refractivity contribution in [2.24, 2.45) is 17.6 Å². The van der Waals surface area contributed by atoms with Gasteiger partial charge in [-0.25, -0.2) is 0 Å². The van der Waals surface area contributed by atoms with Crippen LogP contribution in [-0.2, 0) is 9.53 Å². The Hall–Kier alpha value is -0.610. The summed E-state index contributed by atoms with van der Waals surface area (Å²) in [6.07, 6.45) is 5.06. The number of nitrogens with one attached hydrogen (secondary N) is 1. The molecule has 3 unspecified atom stereocenters. The van der Waals surface area contributed by atoms with Gasteiger partial charge >= 0.3 is 0 Å². The summed E-state index contributed by atoms with van der Waals surface area (Å²) in [4.78, 5) is 11.5. The number of rotatable bonds is 5. The third-order valence-electron chi connectivity index (χ3n) is 3.29. The number of amides is 1. The lowest BCUT2D eigenvalue weighted by Crippen LogP contribution is -2.45. The number of nitrogens with two attached hydrogens (primary N) is 1. The lowest BCUT2D eigenvalue weighted by molar-refractivity contribution is -0.123. The van der Waals surface area contributed by atoms with E-state index in [0.717, 1.165) is 12.5 Å². The topological polar surface area (TPSA) is 64.3 Å². The number of hydrogen-bond acceptors (Lipinski definition) is 3. The Morgan fingerprint density at radius 3 is 2.94 bits per heavy atom. The van der Waals surface area contributed by atoms with E-state index in [1.54, 1.807) is 7.11 Å². The minimum atomic E-state index is -0.536. The first-order chi connectivity index (χ1) is 7.63. The summed E-state index contributed by atoms with van der Waals surface area (Å²) in [5.74, 6) is 1.32. The summed E-state index contributed by atoms with van der Waals surface area (Å²) in [6.45, 7) is 3.33. The predicted molar refractivity (Wildman–Crippen MR) is 64.0 cm³/mol. The molecule has 0 saturated heterocycles. The highest BCUT2D eigenvalue weighted by molar-refractivity contribution is 5.81. The van der Waals surface area contributed by atoms with Gasteiger partial charge in [-0.3, -0.25) is 4.79 Å². The molecule has 0 radical (unpaired) electrons. The van der Waals surface area contributed by atoms with Crippen molar-refractivity contribution in [2.75, 3.05) is 20.3 Å². The van der Waals surface area contributed by atoms with E-state index in [2.05, 4.69) is 12.2 Å². The summed E-state index contributed by atoms with van der Waals surface area (Å²) in [7, 11) is 1.55. The van der Waals surface area contributed by atoms with Crippen molar-refractivity contribution in [3.05, 3.63) is 0 Å². The molecule has 3 atom stereocenters. The van der Waals surface area contributed by atoms with Crippen LogP contribution in [-0.4, -0.2) is 32.2 Å². The fourth-order valence-corrected chi connectivity index (χ4v) is 2.38. The largest absolute Gasteiger partial charge is 0.383 e. The first-order valence-corrected chi connectivity index (χ1v) is 6.15. The van der Waals surface area contributed by atoms with Crippen LogP contribution in [0.15, 0.2) is 0 Å². The number of ether oxygens (including phenoxy) is 1. The normalized spacial score (nSPS) is 27.4. The molecule has 0 heterocycles. The van der Waals surface area contributed by atoms with Crippen molar-refractivity contribution in [3.63, 3.8) is 0 Å². The zero-order valence-corrected chi connectivity index (χ0v) is 10.4. The Kier molecular flexibility index (Phi) is 5.77. The van der Waals surface area contributed by atoms with Gasteiger partial charge in [0.2, 0.25) is 5.91 Å². The van der Waals surface area contributed by atoms with Crippen molar-refractivity contribution >= 4 is 5.91 Å². The van der Waals surface area contributed by atoms with Crippen LogP contribution in [0.1, 0.15) is 32.6 Å². The van der Waals surface area contributed by atoms with Crippen molar-refractivity contribution < 1.29 is 9.53 Å². The Balaban J connectivity index is 2.20. The third kappa shape index (κ3) is 4.49. The fourth-order valence-electron chi connectivity index (χ4n) is 2.38. The van der Waals surface area contributed by atoms with E-state index in [0.29, 0.717) is 5.92 Å². The van der Waals surface area contributed by atoms with Crippen LogP contribution in [0, 0.1) is 11.8 Å². The molecule has 1 saturated carbocycles. The SMILES string of the molecule is COCC(N)C(=O)NCC1CCCC(C)C1.